The highest BCUT2D eigenvalue weighted by atomic mass is 35.5. The van der Waals surface area contributed by atoms with Crippen LogP contribution in [-0.2, 0) is 6.54 Å². The Morgan fingerprint density at radius 2 is 2.33 bits per heavy atom. The maximum absolute atomic E-state index is 6.16. The van der Waals surface area contributed by atoms with Crippen LogP contribution >= 0.6 is 23.4 Å². The molecule has 0 bridgehead atoms. The van der Waals surface area contributed by atoms with Gasteiger partial charge in [0.1, 0.15) is 5.52 Å². The number of thioether (sulfide) groups is 1. The summed E-state index contributed by atoms with van der Waals surface area (Å²) in [4.78, 5) is 12.9. The van der Waals surface area contributed by atoms with E-state index in [9.17, 15) is 0 Å². The van der Waals surface area contributed by atoms with Gasteiger partial charge in [0.15, 0.2) is 16.0 Å². The Bertz CT molecular complexity index is 588. The van der Waals surface area contributed by atoms with Gasteiger partial charge in [0, 0.05) is 5.75 Å². The number of fused-ring (bicyclic) bond motifs is 1. The number of nitrogens with zero attached hydrogens (tertiary/aromatic N) is 4. The average Bonchev–Trinajstić information content (AvgIpc) is 2.74. The van der Waals surface area contributed by atoms with Crippen LogP contribution in [0.3, 0.4) is 0 Å². The first kappa shape index (κ1) is 13.2. The molecule has 18 heavy (non-hydrogen) atoms. The van der Waals surface area contributed by atoms with Crippen LogP contribution in [0.2, 0.25) is 5.15 Å². The summed E-state index contributed by atoms with van der Waals surface area (Å²) >= 11 is 7.76. The largest absolute Gasteiger partial charge is 0.315 e. The molecule has 0 aliphatic rings. The Morgan fingerprint density at radius 1 is 1.50 bits per heavy atom. The standard InChI is InChI=1S/C12H13ClN4S/c1-3-5-7-18-12-15-10(13)9-11(16-12)14-8-17(9)6-4-2/h2,8H,3,5-7H2,1H3. The van der Waals surface area contributed by atoms with Gasteiger partial charge in [-0.1, -0.05) is 42.6 Å². The number of unbranched alkanes of at least 4 members (excludes halogenated alkanes) is 1. The van der Waals surface area contributed by atoms with Crippen LogP contribution in [0.15, 0.2) is 11.5 Å². The Labute approximate surface area is 115 Å². The Kier molecular flexibility index (Phi) is 4.45. The molecule has 6 heteroatoms. The molecule has 94 valence electrons. The molecular formula is C12H13ClN4S. The molecule has 2 heterocycles. The number of aromatic nitrogens is 4. The van der Waals surface area contributed by atoms with E-state index in [1.165, 1.54) is 0 Å². The summed E-state index contributed by atoms with van der Waals surface area (Å²) < 4.78 is 1.78. The zero-order chi connectivity index (χ0) is 13.0. The summed E-state index contributed by atoms with van der Waals surface area (Å²) in [6, 6.07) is 0. The van der Waals surface area contributed by atoms with Gasteiger partial charge >= 0.3 is 0 Å². The van der Waals surface area contributed by atoms with Crippen LogP contribution < -0.4 is 0 Å². The molecule has 0 atom stereocenters. The topological polar surface area (TPSA) is 43.6 Å². The van der Waals surface area contributed by atoms with E-state index in [1.54, 1.807) is 22.7 Å². The predicted molar refractivity (Wildman–Crippen MR) is 74.8 cm³/mol. The number of imidazole rings is 1. The minimum atomic E-state index is 0.409. The van der Waals surface area contributed by atoms with Crippen LogP contribution in [0.25, 0.3) is 11.2 Å². The Morgan fingerprint density at radius 3 is 3.06 bits per heavy atom. The van der Waals surface area contributed by atoms with E-state index in [-0.39, 0.29) is 0 Å². The zero-order valence-corrected chi connectivity index (χ0v) is 11.6. The van der Waals surface area contributed by atoms with Gasteiger partial charge < -0.3 is 4.57 Å². The third kappa shape index (κ3) is 2.77. The minimum Gasteiger partial charge on any atom is -0.315 e. The van der Waals surface area contributed by atoms with Gasteiger partial charge in [0.2, 0.25) is 0 Å². The van der Waals surface area contributed by atoms with Crippen LogP contribution in [0.1, 0.15) is 19.8 Å². The highest BCUT2D eigenvalue weighted by Crippen LogP contribution is 2.24. The van der Waals surface area contributed by atoms with Gasteiger partial charge in [-0.3, -0.25) is 0 Å². The quantitative estimate of drug-likeness (QED) is 0.278. The summed E-state index contributed by atoms with van der Waals surface area (Å²) in [5.74, 6) is 3.54. The van der Waals surface area contributed by atoms with Gasteiger partial charge in [-0.2, -0.15) is 0 Å². The number of hydrogen-bond acceptors (Lipinski definition) is 4. The molecule has 0 unspecified atom stereocenters. The summed E-state index contributed by atoms with van der Waals surface area (Å²) in [5.41, 5.74) is 1.30. The van der Waals surface area contributed by atoms with Crippen molar-refractivity contribution in [2.45, 2.75) is 31.5 Å². The lowest BCUT2D eigenvalue weighted by Gasteiger charge is -2.02. The third-order valence-corrected chi connectivity index (χ3v) is 3.60. The van der Waals surface area contributed by atoms with E-state index in [1.807, 2.05) is 0 Å². The lowest BCUT2D eigenvalue weighted by molar-refractivity contribution is 0.865. The fourth-order valence-electron chi connectivity index (χ4n) is 1.51. The fraction of sp³-hybridized carbons (Fsp3) is 0.417. The summed E-state index contributed by atoms with van der Waals surface area (Å²) in [5, 5.41) is 1.08. The fourth-order valence-corrected chi connectivity index (χ4v) is 2.75. The molecule has 0 aliphatic carbocycles. The number of halogens is 1. The van der Waals surface area contributed by atoms with Crippen molar-refractivity contribution in [3.8, 4) is 12.3 Å². The molecule has 0 spiro atoms. The molecule has 2 rings (SSSR count). The molecule has 0 N–H and O–H groups in total. The second-order valence-electron chi connectivity index (χ2n) is 3.75. The van der Waals surface area contributed by atoms with Crippen molar-refractivity contribution in [2.24, 2.45) is 0 Å². The minimum absolute atomic E-state index is 0.409. The van der Waals surface area contributed by atoms with E-state index in [4.69, 9.17) is 18.0 Å². The van der Waals surface area contributed by atoms with Crippen molar-refractivity contribution in [1.29, 1.82) is 0 Å². The number of terminal acetylenes is 1. The van der Waals surface area contributed by atoms with Crippen molar-refractivity contribution in [2.75, 3.05) is 5.75 Å². The van der Waals surface area contributed by atoms with Crippen molar-refractivity contribution in [3.05, 3.63) is 11.5 Å². The normalized spacial score (nSPS) is 10.7. The first-order valence-corrected chi connectivity index (χ1v) is 7.07. The van der Waals surface area contributed by atoms with E-state index >= 15 is 0 Å². The van der Waals surface area contributed by atoms with Gasteiger partial charge in [0.25, 0.3) is 0 Å². The lowest BCUT2D eigenvalue weighted by atomic mass is 10.4. The molecule has 2 aromatic heterocycles. The first-order chi connectivity index (χ1) is 8.76. The molecular weight excluding hydrogens is 268 g/mol. The van der Waals surface area contributed by atoms with Gasteiger partial charge in [-0.05, 0) is 6.42 Å². The Balaban J connectivity index is 2.30. The molecule has 0 aromatic carbocycles. The second-order valence-corrected chi connectivity index (χ2v) is 5.17. The van der Waals surface area contributed by atoms with Crippen molar-refractivity contribution < 1.29 is 0 Å². The maximum atomic E-state index is 6.16. The van der Waals surface area contributed by atoms with Crippen LogP contribution in [-0.4, -0.2) is 25.3 Å². The Hall–Kier alpha value is -1.25. The molecule has 2 aromatic rings. The van der Waals surface area contributed by atoms with Crippen molar-refractivity contribution >= 4 is 34.5 Å². The second kappa shape index (κ2) is 6.07. The molecule has 0 saturated carbocycles. The molecule has 4 nitrogen and oxygen atoms in total. The molecule has 0 amide bonds. The smallest absolute Gasteiger partial charge is 0.191 e. The van der Waals surface area contributed by atoms with E-state index in [0.29, 0.717) is 28.0 Å². The monoisotopic (exact) mass is 280 g/mol. The highest BCUT2D eigenvalue weighted by molar-refractivity contribution is 7.99. The number of rotatable bonds is 5. The average molecular weight is 281 g/mol. The molecule has 0 aliphatic heterocycles. The predicted octanol–water partition coefficient (Wildman–Crippen LogP) is 3.01. The lowest BCUT2D eigenvalue weighted by Crippen LogP contribution is -1.96. The van der Waals surface area contributed by atoms with Crippen molar-refractivity contribution in [1.82, 2.24) is 19.5 Å². The maximum Gasteiger partial charge on any atom is 0.191 e. The van der Waals surface area contributed by atoms with Crippen molar-refractivity contribution in [3.63, 3.8) is 0 Å². The number of hydrogen-bond donors (Lipinski definition) is 0. The van der Waals surface area contributed by atoms with E-state index in [2.05, 4.69) is 27.8 Å². The van der Waals surface area contributed by atoms with Crippen LogP contribution in [0.4, 0.5) is 0 Å². The molecule has 0 fully saturated rings. The zero-order valence-electron chi connectivity index (χ0n) is 10.1. The summed E-state index contributed by atoms with van der Waals surface area (Å²) in [6.45, 7) is 2.57. The first-order valence-electron chi connectivity index (χ1n) is 5.71. The molecule has 0 saturated heterocycles. The highest BCUT2D eigenvalue weighted by Gasteiger charge is 2.11. The SMILES string of the molecule is C#CCn1cnc2nc(SCCCC)nc(Cl)c21. The van der Waals surface area contributed by atoms with Crippen LogP contribution in [0.5, 0.6) is 0 Å². The van der Waals surface area contributed by atoms with Gasteiger partial charge in [-0.25, -0.2) is 15.0 Å². The van der Waals surface area contributed by atoms with E-state index < -0.39 is 0 Å². The summed E-state index contributed by atoms with van der Waals surface area (Å²) in [6.07, 6.45) is 9.22. The van der Waals surface area contributed by atoms with Gasteiger partial charge in [-0.15, -0.1) is 6.42 Å². The third-order valence-electron chi connectivity index (χ3n) is 2.40. The van der Waals surface area contributed by atoms with Crippen LogP contribution in [0, 0.1) is 12.3 Å². The molecule has 0 radical (unpaired) electrons. The van der Waals surface area contributed by atoms with Gasteiger partial charge in [0.05, 0.1) is 12.9 Å². The summed E-state index contributed by atoms with van der Waals surface area (Å²) in [7, 11) is 0. The van der Waals surface area contributed by atoms with E-state index in [0.717, 1.165) is 18.6 Å².